The third-order valence-electron chi connectivity index (χ3n) is 3.97. The van der Waals surface area contributed by atoms with E-state index >= 15 is 0 Å². The van der Waals surface area contributed by atoms with Crippen LogP contribution < -0.4 is 21.7 Å². The second-order valence-electron chi connectivity index (χ2n) is 6.49. The number of hydrogen-bond donors (Lipinski definition) is 8. The molecule has 13 heteroatoms. The van der Waals surface area contributed by atoms with E-state index in [1.54, 1.807) is 0 Å². The molecule has 1 aromatic rings. The highest BCUT2D eigenvalue weighted by Gasteiger charge is 2.30. The molecule has 0 radical (unpaired) electrons. The molecule has 0 aliphatic carbocycles. The molecule has 170 valence electrons. The zero-order chi connectivity index (χ0) is 23.6. The molecule has 0 heterocycles. The van der Waals surface area contributed by atoms with Gasteiger partial charge in [0, 0.05) is 6.42 Å². The first-order valence-electron chi connectivity index (χ1n) is 8.99. The number of amides is 3. The minimum Gasteiger partial charge on any atom is -0.508 e. The number of aliphatic carboxylic acids is 2. The summed E-state index contributed by atoms with van der Waals surface area (Å²) in [7, 11) is 0. The number of phenols is 1. The summed E-state index contributed by atoms with van der Waals surface area (Å²) in [5, 5.41) is 42.5. The van der Waals surface area contributed by atoms with Gasteiger partial charge in [-0.25, -0.2) is 0 Å². The number of carbonyl (C=O) groups is 5. The molecule has 0 bridgehead atoms. The standard InChI is InChI=1S/C18H24N4O9/c19-11(8-23)16(29)21-13(6-14(25)26)18(31)22-12(17(30)20-7-15(27)28)5-9-1-3-10(24)4-2-9/h1-4,11-13,23-24H,5-8,19H2,(H,20,30)(H,21,29)(H,22,31)(H,25,26)(H,27,28). The molecule has 0 saturated carbocycles. The van der Waals surface area contributed by atoms with Gasteiger partial charge >= 0.3 is 11.9 Å². The fourth-order valence-corrected chi connectivity index (χ4v) is 2.38. The average Bonchev–Trinajstić information content (AvgIpc) is 2.71. The molecule has 0 spiro atoms. The Balaban J connectivity index is 3.02. The summed E-state index contributed by atoms with van der Waals surface area (Å²) >= 11 is 0. The fraction of sp³-hybridized carbons (Fsp3) is 0.389. The number of benzene rings is 1. The Morgan fingerprint density at radius 3 is 1.97 bits per heavy atom. The lowest BCUT2D eigenvalue weighted by molar-refractivity contribution is -0.141. The van der Waals surface area contributed by atoms with Crippen molar-refractivity contribution < 1.29 is 44.4 Å². The number of aliphatic hydroxyl groups excluding tert-OH is 1. The molecular formula is C18H24N4O9. The predicted octanol–water partition coefficient (Wildman–Crippen LogP) is -3.10. The summed E-state index contributed by atoms with van der Waals surface area (Å²) in [5.41, 5.74) is 5.84. The quantitative estimate of drug-likeness (QED) is 0.163. The molecule has 0 aliphatic heterocycles. The van der Waals surface area contributed by atoms with E-state index in [2.05, 4.69) is 16.0 Å². The summed E-state index contributed by atoms with van der Waals surface area (Å²) in [6, 6.07) is 1.29. The number of aliphatic hydroxyl groups is 1. The third-order valence-corrected chi connectivity index (χ3v) is 3.97. The lowest BCUT2D eigenvalue weighted by Gasteiger charge is -2.23. The number of carboxylic acids is 2. The van der Waals surface area contributed by atoms with Crippen molar-refractivity contribution in [2.45, 2.75) is 31.0 Å². The van der Waals surface area contributed by atoms with Gasteiger partial charge in [0.05, 0.1) is 13.0 Å². The van der Waals surface area contributed by atoms with Gasteiger partial charge in [0.15, 0.2) is 0 Å². The van der Waals surface area contributed by atoms with E-state index in [9.17, 15) is 29.1 Å². The van der Waals surface area contributed by atoms with Crippen molar-refractivity contribution >= 4 is 29.7 Å². The van der Waals surface area contributed by atoms with Crippen LogP contribution in [-0.4, -0.2) is 81.4 Å². The highest BCUT2D eigenvalue weighted by Crippen LogP contribution is 2.12. The van der Waals surface area contributed by atoms with Crippen LogP contribution in [0.4, 0.5) is 0 Å². The number of carbonyl (C=O) groups excluding carboxylic acids is 3. The fourth-order valence-electron chi connectivity index (χ4n) is 2.38. The van der Waals surface area contributed by atoms with Crippen molar-refractivity contribution in [1.29, 1.82) is 0 Å². The smallest absolute Gasteiger partial charge is 0.322 e. The van der Waals surface area contributed by atoms with Crippen LogP contribution in [0.1, 0.15) is 12.0 Å². The van der Waals surface area contributed by atoms with Gasteiger partial charge < -0.3 is 42.1 Å². The minimum absolute atomic E-state index is 0.0379. The summed E-state index contributed by atoms with van der Waals surface area (Å²) in [6.07, 6.45) is -0.959. The Morgan fingerprint density at radius 1 is 0.871 bits per heavy atom. The highest BCUT2D eigenvalue weighted by atomic mass is 16.4. The van der Waals surface area contributed by atoms with Crippen molar-refractivity contribution in [1.82, 2.24) is 16.0 Å². The average molecular weight is 440 g/mol. The van der Waals surface area contributed by atoms with Gasteiger partial charge in [-0.2, -0.15) is 0 Å². The Bertz CT molecular complexity index is 813. The molecule has 31 heavy (non-hydrogen) atoms. The number of phenolic OH excluding ortho intramolecular Hbond substituents is 1. The van der Waals surface area contributed by atoms with Crippen LogP contribution >= 0.6 is 0 Å². The molecule has 3 unspecified atom stereocenters. The van der Waals surface area contributed by atoms with Crippen LogP contribution in [0.2, 0.25) is 0 Å². The van der Waals surface area contributed by atoms with Gasteiger partial charge in [-0.3, -0.25) is 24.0 Å². The first kappa shape index (κ1) is 25.3. The number of aromatic hydroxyl groups is 1. The van der Waals surface area contributed by atoms with Crippen molar-refractivity contribution in [2.24, 2.45) is 5.73 Å². The van der Waals surface area contributed by atoms with Gasteiger partial charge in [0.25, 0.3) is 0 Å². The van der Waals surface area contributed by atoms with E-state index in [-0.39, 0.29) is 12.2 Å². The second-order valence-corrected chi connectivity index (χ2v) is 6.49. The van der Waals surface area contributed by atoms with Gasteiger partial charge in [-0.1, -0.05) is 12.1 Å². The van der Waals surface area contributed by atoms with E-state index in [1.165, 1.54) is 24.3 Å². The van der Waals surface area contributed by atoms with E-state index < -0.39 is 67.4 Å². The van der Waals surface area contributed by atoms with Crippen molar-refractivity contribution in [2.75, 3.05) is 13.2 Å². The maximum atomic E-state index is 12.6. The Labute approximate surface area is 176 Å². The second kappa shape index (κ2) is 12.1. The lowest BCUT2D eigenvalue weighted by atomic mass is 10.0. The Hall–Kier alpha value is -3.71. The molecule has 3 atom stereocenters. The normalized spacial score (nSPS) is 13.4. The molecule has 9 N–H and O–H groups in total. The predicted molar refractivity (Wildman–Crippen MR) is 104 cm³/mol. The van der Waals surface area contributed by atoms with Crippen molar-refractivity contribution in [3.05, 3.63) is 29.8 Å². The maximum Gasteiger partial charge on any atom is 0.322 e. The van der Waals surface area contributed by atoms with Crippen LogP contribution in [0.15, 0.2) is 24.3 Å². The summed E-state index contributed by atoms with van der Waals surface area (Å²) < 4.78 is 0. The van der Waals surface area contributed by atoms with Crippen LogP contribution in [0, 0.1) is 0 Å². The topological polar surface area (TPSA) is 228 Å². The number of rotatable bonds is 12. The van der Waals surface area contributed by atoms with Crippen LogP contribution in [0.5, 0.6) is 5.75 Å². The molecule has 1 aromatic carbocycles. The Morgan fingerprint density at radius 2 is 1.45 bits per heavy atom. The lowest BCUT2D eigenvalue weighted by Crippen LogP contribution is -2.57. The summed E-state index contributed by atoms with van der Waals surface area (Å²) in [4.78, 5) is 58.6. The van der Waals surface area contributed by atoms with Crippen molar-refractivity contribution in [3.8, 4) is 5.75 Å². The molecule has 0 fully saturated rings. The van der Waals surface area contributed by atoms with Crippen LogP contribution in [0.3, 0.4) is 0 Å². The molecule has 0 saturated heterocycles. The first-order chi connectivity index (χ1) is 14.5. The summed E-state index contributed by atoms with van der Waals surface area (Å²) in [5.74, 6) is -5.66. The third kappa shape index (κ3) is 9.10. The van der Waals surface area contributed by atoms with Crippen LogP contribution in [-0.2, 0) is 30.4 Å². The molecule has 1 rings (SSSR count). The SMILES string of the molecule is NC(CO)C(=O)NC(CC(=O)O)C(=O)NC(Cc1ccc(O)cc1)C(=O)NCC(=O)O. The minimum atomic E-state index is -1.61. The van der Waals surface area contributed by atoms with Crippen LogP contribution in [0.25, 0.3) is 0 Å². The van der Waals surface area contributed by atoms with E-state index in [1.807, 2.05) is 0 Å². The van der Waals surface area contributed by atoms with E-state index in [0.717, 1.165) is 0 Å². The maximum absolute atomic E-state index is 12.6. The molecule has 0 aromatic heterocycles. The van der Waals surface area contributed by atoms with E-state index in [4.69, 9.17) is 21.1 Å². The van der Waals surface area contributed by atoms with Gasteiger partial charge in [0.2, 0.25) is 17.7 Å². The molecule has 3 amide bonds. The number of nitrogens with two attached hydrogens (primary N) is 1. The summed E-state index contributed by atoms with van der Waals surface area (Å²) in [6.45, 7) is -1.46. The monoisotopic (exact) mass is 440 g/mol. The molecular weight excluding hydrogens is 416 g/mol. The number of nitrogens with one attached hydrogen (secondary N) is 3. The van der Waals surface area contributed by atoms with Gasteiger partial charge in [0.1, 0.15) is 30.4 Å². The highest BCUT2D eigenvalue weighted by molar-refractivity contribution is 5.95. The van der Waals surface area contributed by atoms with Gasteiger partial charge in [-0.05, 0) is 17.7 Å². The van der Waals surface area contributed by atoms with E-state index in [0.29, 0.717) is 5.56 Å². The first-order valence-corrected chi connectivity index (χ1v) is 8.99. The van der Waals surface area contributed by atoms with Crippen molar-refractivity contribution in [3.63, 3.8) is 0 Å². The Kier molecular flexibility index (Phi) is 9.88. The number of hydrogen-bond acceptors (Lipinski definition) is 8. The molecule has 13 nitrogen and oxygen atoms in total. The zero-order valence-electron chi connectivity index (χ0n) is 16.3. The largest absolute Gasteiger partial charge is 0.508 e. The van der Waals surface area contributed by atoms with Gasteiger partial charge in [-0.15, -0.1) is 0 Å². The molecule has 0 aliphatic rings. The number of carboxylic acid groups (broad SMARTS) is 2. The zero-order valence-corrected chi connectivity index (χ0v) is 16.3.